The van der Waals surface area contributed by atoms with Crippen LogP contribution >= 0.6 is 0 Å². The van der Waals surface area contributed by atoms with Crippen molar-refractivity contribution < 1.29 is 4.79 Å². The van der Waals surface area contributed by atoms with Crippen LogP contribution in [0.1, 0.15) is 32.6 Å². The molecule has 1 aliphatic rings. The lowest BCUT2D eigenvalue weighted by molar-refractivity contribution is -0.124. The van der Waals surface area contributed by atoms with Crippen LogP contribution in [-0.4, -0.2) is 17.9 Å². The van der Waals surface area contributed by atoms with E-state index < -0.39 is 0 Å². The van der Waals surface area contributed by atoms with Crippen molar-refractivity contribution in [2.75, 3.05) is 6.54 Å². The van der Waals surface area contributed by atoms with Gasteiger partial charge in [0, 0.05) is 0 Å². The van der Waals surface area contributed by atoms with E-state index in [2.05, 4.69) is 11.2 Å². The molecule has 1 aliphatic heterocycles. The van der Waals surface area contributed by atoms with Crippen molar-refractivity contribution in [1.29, 1.82) is 0 Å². The third-order valence-electron chi connectivity index (χ3n) is 2.64. The van der Waals surface area contributed by atoms with Gasteiger partial charge in [-0.2, -0.15) is 0 Å². The number of ketones is 1. The Bertz CT molecular complexity index is 208. The van der Waals surface area contributed by atoms with Gasteiger partial charge in [0.15, 0.2) is 5.78 Å². The van der Waals surface area contributed by atoms with Crippen molar-refractivity contribution in [1.82, 2.24) is 5.32 Å². The van der Waals surface area contributed by atoms with Crippen LogP contribution in [0.15, 0.2) is 0 Å². The second-order valence-electron chi connectivity index (χ2n) is 3.27. The van der Waals surface area contributed by atoms with Gasteiger partial charge in [-0.05, 0) is 25.8 Å². The van der Waals surface area contributed by atoms with E-state index in [0.29, 0.717) is 0 Å². The zero-order valence-corrected chi connectivity index (χ0v) is 7.52. The Kier molecular flexibility index (Phi) is 2.88. The Hall–Kier alpha value is -0.810. The fourth-order valence-electron chi connectivity index (χ4n) is 1.81. The summed E-state index contributed by atoms with van der Waals surface area (Å²) in [6, 6.07) is 0. The highest BCUT2D eigenvalue weighted by Gasteiger charge is 2.37. The monoisotopic (exact) mass is 165 g/mol. The molecule has 1 fully saturated rings. The fraction of sp³-hybridized carbons (Fsp3) is 0.700. The quantitative estimate of drug-likeness (QED) is 0.635. The van der Waals surface area contributed by atoms with Crippen molar-refractivity contribution in [3.05, 3.63) is 0 Å². The average Bonchev–Trinajstić information content (AvgIpc) is 2.54. The molecule has 0 aliphatic carbocycles. The molecule has 66 valence electrons. The minimum Gasteiger partial charge on any atom is -0.305 e. The minimum atomic E-state index is -0.285. The van der Waals surface area contributed by atoms with Crippen LogP contribution in [0.5, 0.6) is 0 Å². The van der Waals surface area contributed by atoms with E-state index in [1.165, 1.54) is 0 Å². The lowest BCUT2D eigenvalue weighted by atomic mass is 9.88. The topological polar surface area (TPSA) is 29.1 Å². The van der Waals surface area contributed by atoms with Gasteiger partial charge in [0.05, 0.1) is 12.0 Å². The highest BCUT2D eigenvalue weighted by Crippen LogP contribution is 2.24. The van der Waals surface area contributed by atoms with Crippen molar-refractivity contribution in [3.63, 3.8) is 0 Å². The predicted octanol–water partition coefficient (Wildman–Crippen LogP) is 1.11. The van der Waals surface area contributed by atoms with Crippen LogP contribution in [-0.2, 0) is 4.79 Å². The maximum Gasteiger partial charge on any atom is 0.164 e. The summed E-state index contributed by atoms with van der Waals surface area (Å²) >= 11 is 0. The number of carbonyl (C=O) groups excluding carboxylic acids is 1. The second-order valence-corrected chi connectivity index (χ2v) is 3.27. The largest absolute Gasteiger partial charge is 0.305 e. The molecule has 1 atom stereocenters. The number of nitrogens with one attached hydrogen (secondary N) is 1. The molecule has 12 heavy (non-hydrogen) atoms. The lowest BCUT2D eigenvalue weighted by Crippen LogP contribution is -2.46. The average molecular weight is 165 g/mol. The van der Waals surface area contributed by atoms with Gasteiger partial charge in [-0.1, -0.05) is 12.8 Å². The summed E-state index contributed by atoms with van der Waals surface area (Å²) < 4.78 is 0. The first-order chi connectivity index (χ1) is 5.75. The molecular formula is C10H15NO. The zero-order chi connectivity index (χ0) is 9.03. The van der Waals surface area contributed by atoms with E-state index in [0.717, 1.165) is 25.8 Å². The SMILES string of the molecule is C#CCC(=O)C1(CC)CCCN1. The Morgan fingerprint density at radius 3 is 2.92 bits per heavy atom. The van der Waals surface area contributed by atoms with Gasteiger partial charge in [0.1, 0.15) is 0 Å². The minimum absolute atomic E-state index is 0.185. The van der Waals surface area contributed by atoms with Crippen LogP contribution < -0.4 is 5.32 Å². The summed E-state index contributed by atoms with van der Waals surface area (Å²) in [7, 11) is 0. The third-order valence-corrected chi connectivity index (χ3v) is 2.64. The Morgan fingerprint density at radius 2 is 2.50 bits per heavy atom. The Balaban J connectivity index is 2.67. The molecule has 1 unspecified atom stereocenters. The molecule has 0 radical (unpaired) electrons. The smallest absolute Gasteiger partial charge is 0.164 e. The molecule has 0 aromatic carbocycles. The third kappa shape index (κ3) is 1.51. The number of carbonyl (C=O) groups is 1. The van der Waals surface area contributed by atoms with Crippen LogP contribution in [0.25, 0.3) is 0 Å². The summed E-state index contributed by atoms with van der Waals surface area (Å²) in [5, 5.41) is 3.26. The van der Waals surface area contributed by atoms with Crippen LogP contribution in [0.3, 0.4) is 0 Å². The van der Waals surface area contributed by atoms with E-state index in [1.807, 2.05) is 6.92 Å². The molecule has 0 saturated carbocycles. The standard InChI is InChI=1S/C10H15NO/c1-3-6-9(12)10(4-2)7-5-8-11-10/h1,11H,4-8H2,2H3. The van der Waals surface area contributed by atoms with E-state index in [9.17, 15) is 4.79 Å². The maximum absolute atomic E-state index is 11.6. The molecule has 0 spiro atoms. The first kappa shape index (κ1) is 9.28. The highest BCUT2D eigenvalue weighted by molar-refractivity contribution is 5.90. The number of hydrogen-bond donors (Lipinski definition) is 1. The van der Waals surface area contributed by atoms with Crippen molar-refractivity contribution in [2.45, 2.75) is 38.1 Å². The van der Waals surface area contributed by atoms with Gasteiger partial charge in [-0.25, -0.2) is 0 Å². The lowest BCUT2D eigenvalue weighted by Gasteiger charge is -2.25. The Morgan fingerprint density at radius 1 is 1.75 bits per heavy atom. The highest BCUT2D eigenvalue weighted by atomic mass is 16.1. The molecule has 1 saturated heterocycles. The maximum atomic E-state index is 11.6. The number of hydrogen-bond acceptors (Lipinski definition) is 2. The fourth-order valence-corrected chi connectivity index (χ4v) is 1.81. The summed E-state index contributed by atoms with van der Waals surface area (Å²) in [5.41, 5.74) is -0.285. The number of terminal acetylenes is 1. The van der Waals surface area contributed by atoms with Crippen LogP contribution in [0, 0.1) is 12.3 Å². The molecular weight excluding hydrogens is 150 g/mol. The van der Waals surface area contributed by atoms with E-state index in [-0.39, 0.29) is 17.7 Å². The number of Topliss-reactive ketones (excluding diaryl/α,β-unsaturated/α-hetero) is 1. The molecule has 0 bridgehead atoms. The van der Waals surface area contributed by atoms with Crippen LogP contribution in [0.2, 0.25) is 0 Å². The summed E-state index contributed by atoms with van der Waals surface area (Å²) in [6.07, 6.45) is 8.27. The molecule has 0 aromatic heterocycles. The van der Waals surface area contributed by atoms with Crippen molar-refractivity contribution in [2.24, 2.45) is 0 Å². The molecule has 2 nitrogen and oxygen atoms in total. The summed E-state index contributed by atoms with van der Waals surface area (Å²) in [6.45, 7) is 2.98. The molecule has 1 heterocycles. The first-order valence-corrected chi connectivity index (χ1v) is 4.47. The van der Waals surface area contributed by atoms with E-state index >= 15 is 0 Å². The predicted molar refractivity (Wildman–Crippen MR) is 48.7 cm³/mol. The summed E-state index contributed by atoms with van der Waals surface area (Å²) in [5.74, 6) is 2.60. The molecule has 1 rings (SSSR count). The van der Waals surface area contributed by atoms with Gasteiger partial charge in [-0.15, -0.1) is 6.42 Å². The summed E-state index contributed by atoms with van der Waals surface area (Å²) in [4.78, 5) is 11.6. The van der Waals surface area contributed by atoms with Gasteiger partial charge >= 0.3 is 0 Å². The van der Waals surface area contributed by atoms with Crippen molar-refractivity contribution in [3.8, 4) is 12.3 Å². The van der Waals surface area contributed by atoms with Crippen molar-refractivity contribution >= 4 is 5.78 Å². The zero-order valence-electron chi connectivity index (χ0n) is 7.52. The first-order valence-electron chi connectivity index (χ1n) is 4.47. The van der Waals surface area contributed by atoms with Gasteiger partial charge in [0.2, 0.25) is 0 Å². The molecule has 0 aromatic rings. The molecule has 0 amide bonds. The van der Waals surface area contributed by atoms with Gasteiger partial charge < -0.3 is 5.32 Å². The number of rotatable bonds is 3. The van der Waals surface area contributed by atoms with Gasteiger partial charge in [0.25, 0.3) is 0 Å². The Labute approximate surface area is 73.7 Å². The second kappa shape index (κ2) is 3.73. The molecule has 1 N–H and O–H groups in total. The van der Waals surface area contributed by atoms with E-state index in [1.54, 1.807) is 0 Å². The van der Waals surface area contributed by atoms with E-state index in [4.69, 9.17) is 6.42 Å². The van der Waals surface area contributed by atoms with Gasteiger partial charge in [-0.3, -0.25) is 4.79 Å². The normalized spacial score (nSPS) is 28.3. The van der Waals surface area contributed by atoms with Crippen LogP contribution in [0.4, 0.5) is 0 Å². The molecule has 2 heteroatoms.